The molecular formula is C15H23N3O. The van der Waals surface area contributed by atoms with Crippen LogP contribution in [0.2, 0.25) is 0 Å². The quantitative estimate of drug-likeness (QED) is 0.875. The molecule has 19 heavy (non-hydrogen) atoms. The fourth-order valence-electron chi connectivity index (χ4n) is 2.44. The average molecular weight is 261 g/mol. The molecule has 4 nitrogen and oxygen atoms in total. The van der Waals surface area contributed by atoms with Crippen molar-refractivity contribution >= 4 is 17.3 Å². The smallest absolute Gasteiger partial charge is 0.224 e. The topological polar surface area (TPSA) is 44.4 Å². The number of nitrogens with one attached hydrogen (secondary N) is 2. The van der Waals surface area contributed by atoms with Gasteiger partial charge in [-0.25, -0.2) is 0 Å². The lowest BCUT2D eigenvalue weighted by Gasteiger charge is -2.18. The predicted molar refractivity (Wildman–Crippen MR) is 79.6 cm³/mol. The molecule has 2 rings (SSSR count). The van der Waals surface area contributed by atoms with Gasteiger partial charge in [0.15, 0.2) is 0 Å². The first-order chi connectivity index (χ1) is 9.10. The molecule has 0 saturated carbocycles. The van der Waals surface area contributed by atoms with Gasteiger partial charge in [-0.3, -0.25) is 4.79 Å². The number of hydrogen-bond donors (Lipinski definition) is 2. The first kappa shape index (κ1) is 13.9. The fourth-order valence-corrected chi connectivity index (χ4v) is 2.44. The van der Waals surface area contributed by atoms with Crippen LogP contribution < -0.4 is 10.6 Å². The Bertz CT molecular complexity index is 459. The van der Waals surface area contributed by atoms with Gasteiger partial charge < -0.3 is 15.5 Å². The molecule has 2 N–H and O–H groups in total. The minimum absolute atomic E-state index is 0.0563. The molecule has 1 unspecified atom stereocenters. The van der Waals surface area contributed by atoms with Gasteiger partial charge in [0.25, 0.3) is 0 Å². The summed E-state index contributed by atoms with van der Waals surface area (Å²) in [7, 11) is 2.15. The number of carbonyl (C=O) groups excluding carboxylic acids is 1. The van der Waals surface area contributed by atoms with Crippen LogP contribution in [-0.2, 0) is 4.79 Å². The molecule has 104 valence electrons. The zero-order valence-electron chi connectivity index (χ0n) is 12.0. The first-order valence-electron chi connectivity index (χ1n) is 6.94. The number of hydrogen-bond acceptors (Lipinski definition) is 3. The minimum atomic E-state index is 0.0563. The van der Waals surface area contributed by atoms with E-state index in [0.29, 0.717) is 12.5 Å². The maximum atomic E-state index is 11.5. The van der Waals surface area contributed by atoms with Crippen molar-refractivity contribution in [3.63, 3.8) is 0 Å². The summed E-state index contributed by atoms with van der Waals surface area (Å²) in [4.78, 5) is 13.8. The van der Waals surface area contributed by atoms with E-state index < -0.39 is 0 Å². The van der Waals surface area contributed by atoms with E-state index in [0.717, 1.165) is 30.0 Å². The number of benzene rings is 1. The van der Waals surface area contributed by atoms with E-state index in [1.165, 1.54) is 6.42 Å². The molecule has 1 fully saturated rings. The van der Waals surface area contributed by atoms with Gasteiger partial charge in [-0.1, -0.05) is 13.0 Å². The molecule has 0 radical (unpaired) electrons. The van der Waals surface area contributed by atoms with Gasteiger partial charge in [0.1, 0.15) is 0 Å². The lowest BCUT2D eigenvalue weighted by atomic mass is 10.1. The maximum Gasteiger partial charge on any atom is 0.224 e. The van der Waals surface area contributed by atoms with Crippen molar-refractivity contribution in [2.75, 3.05) is 30.8 Å². The third-order valence-corrected chi connectivity index (χ3v) is 3.68. The molecule has 1 aliphatic rings. The number of likely N-dealkylation sites (N-methyl/N-ethyl adjacent to an activating group) is 1. The van der Waals surface area contributed by atoms with Crippen LogP contribution in [0.15, 0.2) is 18.2 Å². The molecule has 4 heteroatoms. The third-order valence-electron chi connectivity index (χ3n) is 3.68. The predicted octanol–water partition coefficient (Wildman–Crippen LogP) is 2.46. The van der Waals surface area contributed by atoms with Crippen LogP contribution in [0.3, 0.4) is 0 Å². The summed E-state index contributed by atoms with van der Waals surface area (Å²) in [5.41, 5.74) is 3.14. The van der Waals surface area contributed by atoms with Crippen LogP contribution in [0.1, 0.15) is 25.3 Å². The molecule has 0 aromatic heterocycles. The second-order valence-corrected chi connectivity index (χ2v) is 5.27. The molecule has 0 spiro atoms. The third kappa shape index (κ3) is 3.47. The standard InChI is InChI=1S/C15H23N3O/c1-4-15(19)17-14-7-5-6-13(11(14)2)16-12-8-9-18(3)10-12/h5-7,12,16H,4,8-10H2,1-3H3,(H,17,19). The van der Waals surface area contributed by atoms with Gasteiger partial charge in [0.2, 0.25) is 5.91 Å². The van der Waals surface area contributed by atoms with Crippen molar-refractivity contribution < 1.29 is 4.79 Å². The first-order valence-corrected chi connectivity index (χ1v) is 6.94. The van der Waals surface area contributed by atoms with Gasteiger partial charge in [0, 0.05) is 30.4 Å². The lowest BCUT2D eigenvalue weighted by Crippen LogP contribution is -2.24. The largest absolute Gasteiger partial charge is 0.381 e. The van der Waals surface area contributed by atoms with Crippen molar-refractivity contribution in [2.45, 2.75) is 32.7 Å². The fraction of sp³-hybridized carbons (Fsp3) is 0.533. The number of likely N-dealkylation sites (tertiary alicyclic amines) is 1. The van der Waals surface area contributed by atoms with Crippen molar-refractivity contribution in [1.82, 2.24) is 4.90 Å². The Morgan fingerprint density at radius 1 is 1.42 bits per heavy atom. The normalized spacial score (nSPS) is 19.4. The van der Waals surface area contributed by atoms with E-state index in [1.807, 2.05) is 26.0 Å². The van der Waals surface area contributed by atoms with Gasteiger partial charge >= 0.3 is 0 Å². The monoisotopic (exact) mass is 261 g/mol. The van der Waals surface area contributed by atoms with Crippen molar-refractivity contribution in [2.24, 2.45) is 0 Å². The Hall–Kier alpha value is -1.55. The molecule has 1 aromatic carbocycles. The summed E-state index contributed by atoms with van der Waals surface area (Å²) < 4.78 is 0. The second kappa shape index (κ2) is 6.06. The van der Waals surface area contributed by atoms with Crippen LogP contribution >= 0.6 is 0 Å². The Labute approximate surface area is 115 Å². The summed E-state index contributed by atoms with van der Waals surface area (Å²) in [5.74, 6) is 0.0563. The minimum Gasteiger partial charge on any atom is -0.381 e. The number of rotatable bonds is 4. The molecule has 1 saturated heterocycles. The van der Waals surface area contributed by atoms with Crippen LogP contribution in [-0.4, -0.2) is 37.0 Å². The van der Waals surface area contributed by atoms with E-state index in [9.17, 15) is 4.79 Å². The van der Waals surface area contributed by atoms with Gasteiger partial charge in [0.05, 0.1) is 0 Å². The summed E-state index contributed by atoms with van der Waals surface area (Å²) in [6.45, 7) is 6.13. The second-order valence-electron chi connectivity index (χ2n) is 5.27. The summed E-state index contributed by atoms with van der Waals surface area (Å²) in [6, 6.07) is 6.52. The highest BCUT2D eigenvalue weighted by molar-refractivity contribution is 5.92. The average Bonchev–Trinajstić information content (AvgIpc) is 2.79. The van der Waals surface area contributed by atoms with Crippen molar-refractivity contribution in [3.8, 4) is 0 Å². The van der Waals surface area contributed by atoms with E-state index in [2.05, 4.69) is 28.6 Å². The molecule has 1 aliphatic heterocycles. The Morgan fingerprint density at radius 2 is 2.16 bits per heavy atom. The van der Waals surface area contributed by atoms with Gasteiger partial charge in [-0.2, -0.15) is 0 Å². The van der Waals surface area contributed by atoms with Crippen LogP contribution in [0, 0.1) is 6.92 Å². The Morgan fingerprint density at radius 3 is 2.79 bits per heavy atom. The molecule has 1 atom stereocenters. The van der Waals surface area contributed by atoms with Crippen molar-refractivity contribution in [1.29, 1.82) is 0 Å². The lowest BCUT2D eigenvalue weighted by molar-refractivity contribution is -0.115. The molecule has 1 amide bonds. The summed E-state index contributed by atoms with van der Waals surface area (Å²) >= 11 is 0. The van der Waals surface area contributed by atoms with Gasteiger partial charge in [-0.15, -0.1) is 0 Å². The van der Waals surface area contributed by atoms with Crippen LogP contribution in [0.5, 0.6) is 0 Å². The SMILES string of the molecule is CCC(=O)Nc1cccc(NC2CCN(C)C2)c1C. The highest BCUT2D eigenvalue weighted by Gasteiger charge is 2.19. The molecular weight excluding hydrogens is 238 g/mol. The summed E-state index contributed by atoms with van der Waals surface area (Å²) in [5, 5.41) is 6.52. The van der Waals surface area contributed by atoms with E-state index >= 15 is 0 Å². The Balaban J connectivity index is 2.08. The van der Waals surface area contributed by atoms with Crippen LogP contribution in [0.25, 0.3) is 0 Å². The van der Waals surface area contributed by atoms with E-state index in [-0.39, 0.29) is 5.91 Å². The highest BCUT2D eigenvalue weighted by Crippen LogP contribution is 2.25. The molecule has 0 aliphatic carbocycles. The number of carbonyl (C=O) groups is 1. The van der Waals surface area contributed by atoms with E-state index in [4.69, 9.17) is 0 Å². The summed E-state index contributed by atoms with van der Waals surface area (Å²) in [6.07, 6.45) is 1.67. The zero-order valence-corrected chi connectivity index (χ0v) is 12.0. The maximum absolute atomic E-state index is 11.5. The highest BCUT2D eigenvalue weighted by atomic mass is 16.1. The molecule has 1 aromatic rings. The number of nitrogens with zero attached hydrogens (tertiary/aromatic N) is 1. The zero-order chi connectivity index (χ0) is 13.8. The molecule has 0 bridgehead atoms. The van der Waals surface area contributed by atoms with Crippen molar-refractivity contribution in [3.05, 3.63) is 23.8 Å². The van der Waals surface area contributed by atoms with E-state index in [1.54, 1.807) is 0 Å². The van der Waals surface area contributed by atoms with Crippen LogP contribution in [0.4, 0.5) is 11.4 Å². The Kier molecular flexibility index (Phi) is 4.43. The number of amides is 1. The molecule has 1 heterocycles. The van der Waals surface area contributed by atoms with Gasteiger partial charge in [-0.05, 0) is 44.6 Å². The number of anilines is 2.